The average molecular weight is 399 g/mol. The number of nitrogens with one attached hydrogen (secondary N) is 3. The van der Waals surface area contributed by atoms with Gasteiger partial charge in [0.1, 0.15) is 11.0 Å². The number of nitrogens with two attached hydrogens (primary N) is 1. The zero-order chi connectivity index (χ0) is 21.2. The quantitative estimate of drug-likeness (QED) is 0.390. The number of ether oxygens (including phenoxy) is 1. The fourth-order valence-electron chi connectivity index (χ4n) is 2.89. The number of nitrogens with zero attached hydrogens (tertiary/aromatic N) is 3. The van der Waals surface area contributed by atoms with Gasteiger partial charge < -0.3 is 26.2 Å². The van der Waals surface area contributed by atoms with Crippen LogP contribution in [0.25, 0.3) is 11.0 Å². The molecule has 9 nitrogen and oxygen atoms in total. The largest absolute Gasteiger partial charge is 0.504 e. The Balaban J connectivity index is 1.95. The molecule has 0 radical (unpaired) electrons. The highest BCUT2D eigenvalue weighted by atomic mass is 16.5. The number of benzene rings is 1. The molecule has 0 aliphatic carbocycles. The van der Waals surface area contributed by atoms with E-state index in [4.69, 9.17) is 10.5 Å². The molecule has 0 saturated heterocycles. The van der Waals surface area contributed by atoms with Crippen LogP contribution >= 0.6 is 0 Å². The minimum Gasteiger partial charge on any atom is -0.504 e. The topological polar surface area (TPSA) is 134 Å². The molecule has 2 aromatic heterocycles. The molecular weight excluding hydrogens is 370 g/mol. The van der Waals surface area contributed by atoms with Crippen molar-refractivity contribution in [2.24, 2.45) is 5.73 Å². The molecule has 3 rings (SSSR count). The van der Waals surface area contributed by atoms with E-state index >= 15 is 0 Å². The van der Waals surface area contributed by atoms with Crippen LogP contribution in [0.5, 0.6) is 11.5 Å². The molecule has 29 heavy (non-hydrogen) atoms. The number of fused-ring (bicyclic) bond motifs is 1. The zero-order valence-corrected chi connectivity index (χ0v) is 17.5. The third-order valence-corrected chi connectivity index (χ3v) is 4.44. The summed E-state index contributed by atoms with van der Waals surface area (Å²) in [6, 6.07) is 5.36. The number of aromatic amines is 1. The van der Waals surface area contributed by atoms with Gasteiger partial charge in [-0.3, -0.25) is 5.10 Å². The van der Waals surface area contributed by atoms with E-state index in [0.29, 0.717) is 41.7 Å². The number of H-pyrrole nitrogens is 1. The monoisotopic (exact) mass is 399 g/mol. The number of aromatic nitrogens is 4. The lowest BCUT2D eigenvalue weighted by Crippen LogP contribution is -2.40. The molecule has 3 aromatic rings. The van der Waals surface area contributed by atoms with Crippen LogP contribution < -0.4 is 21.1 Å². The molecule has 9 heteroatoms. The Morgan fingerprint density at radius 1 is 1.24 bits per heavy atom. The van der Waals surface area contributed by atoms with Crippen molar-refractivity contribution in [1.82, 2.24) is 20.2 Å². The third kappa shape index (κ3) is 4.68. The van der Waals surface area contributed by atoms with Crippen molar-refractivity contribution in [3.8, 4) is 11.5 Å². The number of phenolic OH excluding ortho intramolecular Hbond substituents is 1. The molecule has 0 spiro atoms. The Morgan fingerprint density at radius 3 is 2.66 bits per heavy atom. The Kier molecular flexibility index (Phi) is 5.78. The maximum absolute atomic E-state index is 10.3. The highest BCUT2D eigenvalue weighted by Gasteiger charge is 2.18. The Bertz CT molecular complexity index is 992. The summed E-state index contributed by atoms with van der Waals surface area (Å²) in [7, 11) is 1.52. The van der Waals surface area contributed by atoms with E-state index in [0.717, 1.165) is 11.2 Å². The van der Waals surface area contributed by atoms with Crippen LogP contribution in [0.1, 0.15) is 44.9 Å². The van der Waals surface area contributed by atoms with Crippen molar-refractivity contribution in [3.05, 3.63) is 29.5 Å². The second kappa shape index (κ2) is 8.12. The van der Waals surface area contributed by atoms with Gasteiger partial charge in [-0.1, -0.05) is 26.0 Å². The van der Waals surface area contributed by atoms with Crippen molar-refractivity contribution in [3.63, 3.8) is 0 Å². The van der Waals surface area contributed by atoms with Crippen molar-refractivity contribution < 1.29 is 9.84 Å². The smallest absolute Gasteiger partial charge is 0.225 e. The first kappa shape index (κ1) is 20.7. The van der Waals surface area contributed by atoms with E-state index in [9.17, 15) is 5.11 Å². The van der Waals surface area contributed by atoms with Crippen molar-refractivity contribution in [1.29, 1.82) is 0 Å². The first-order valence-corrected chi connectivity index (χ1v) is 9.57. The normalized spacial score (nSPS) is 11.8. The lowest BCUT2D eigenvalue weighted by atomic mass is 10.1. The molecule has 0 unspecified atom stereocenters. The number of hydrogen-bond acceptors (Lipinski definition) is 8. The lowest BCUT2D eigenvalue weighted by Gasteiger charge is -2.19. The number of phenols is 1. The maximum atomic E-state index is 10.3. The van der Waals surface area contributed by atoms with Gasteiger partial charge in [-0.25, -0.2) is 4.98 Å². The van der Waals surface area contributed by atoms with Gasteiger partial charge in [-0.15, -0.1) is 0 Å². The lowest BCUT2D eigenvalue weighted by molar-refractivity contribution is 0.371. The van der Waals surface area contributed by atoms with Crippen LogP contribution in [-0.2, 0) is 6.54 Å². The summed E-state index contributed by atoms with van der Waals surface area (Å²) < 4.78 is 5.18. The number of methoxy groups -OCH3 is 1. The van der Waals surface area contributed by atoms with E-state index in [2.05, 4.69) is 44.6 Å². The van der Waals surface area contributed by atoms with E-state index < -0.39 is 5.54 Å². The van der Waals surface area contributed by atoms with Gasteiger partial charge in [0, 0.05) is 24.2 Å². The molecule has 0 aliphatic heterocycles. The zero-order valence-electron chi connectivity index (χ0n) is 17.5. The average Bonchev–Trinajstić information content (AvgIpc) is 3.09. The SMILES string of the molecule is COc1cccc(CNc2nc(NCC(C)(C)N)nc3c(C(C)C)n[nH]c23)c1O. The Hall–Kier alpha value is -3.07. The van der Waals surface area contributed by atoms with E-state index in [1.54, 1.807) is 6.07 Å². The predicted octanol–water partition coefficient (Wildman–Crippen LogP) is 2.95. The van der Waals surface area contributed by atoms with E-state index in [1.807, 2.05) is 26.0 Å². The summed E-state index contributed by atoms with van der Waals surface area (Å²) in [5.74, 6) is 1.79. The molecule has 1 aromatic carbocycles. The van der Waals surface area contributed by atoms with Gasteiger partial charge in [0.2, 0.25) is 5.95 Å². The van der Waals surface area contributed by atoms with Crippen LogP contribution in [0, 0.1) is 0 Å². The number of para-hydroxylation sites is 1. The van der Waals surface area contributed by atoms with Crippen LogP contribution in [0.2, 0.25) is 0 Å². The molecule has 6 N–H and O–H groups in total. The van der Waals surface area contributed by atoms with Crippen molar-refractivity contribution in [2.75, 3.05) is 24.3 Å². The third-order valence-electron chi connectivity index (χ3n) is 4.44. The highest BCUT2D eigenvalue weighted by Crippen LogP contribution is 2.31. The van der Waals surface area contributed by atoms with E-state index in [-0.39, 0.29) is 11.7 Å². The number of anilines is 2. The highest BCUT2D eigenvalue weighted by molar-refractivity contribution is 5.88. The summed E-state index contributed by atoms with van der Waals surface area (Å²) in [4.78, 5) is 9.23. The number of aromatic hydroxyl groups is 1. The summed E-state index contributed by atoms with van der Waals surface area (Å²) in [5.41, 5.74) is 8.70. The fourth-order valence-corrected chi connectivity index (χ4v) is 2.89. The summed E-state index contributed by atoms with van der Waals surface area (Å²) in [5, 5.41) is 24.3. The van der Waals surface area contributed by atoms with Crippen LogP contribution in [0.3, 0.4) is 0 Å². The fraction of sp³-hybridized carbons (Fsp3) is 0.450. The Morgan fingerprint density at radius 2 is 2.00 bits per heavy atom. The minimum atomic E-state index is -0.407. The van der Waals surface area contributed by atoms with Gasteiger partial charge in [0.15, 0.2) is 17.3 Å². The minimum absolute atomic E-state index is 0.100. The second-order valence-electron chi connectivity index (χ2n) is 8.05. The first-order valence-electron chi connectivity index (χ1n) is 9.57. The molecule has 0 fully saturated rings. The van der Waals surface area contributed by atoms with Crippen molar-refractivity contribution in [2.45, 2.75) is 45.7 Å². The molecule has 156 valence electrons. The van der Waals surface area contributed by atoms with Gasteiger partial charge in [0.25, 0.3) is 0 Å². The summed E-state index contributed by atoms with van der Waals surface area (Å²) in [6.07, 6.45) is 0. The molecule has 0 amide bonds. The predicted molar refractivity (Wildman–Crippen MR) is 115 cm³/mol. The molecule has 0 aliphatic rings. The van der Waals surface area contributed by atoms with Gasteiger partial charge in [0.05, 0.1) is 12.8 Å². The molecule has 0 atom stereocenters. The number of rotatable bonds is 8. The van der Waals surface area contributed by atoms with Gasteiger partial charge >= 0.3 is 0 Å². The first-order chi connectivity index (χ1) is 13.7. The molecular formula is C20H29N7O2. The molecule has 0 saturated carbocycles. The molecule has 2 heterocycles. The van der Waals surface area contributed by atoms with Crippen LogP contribution in [-0.4, -0.2) is 44.5 Å². The van der Waals surface area contributed by atoms with Crippen LogP contribution in [0.4, 0.5) is 11.8 Å². The van der Waals surface area contributed by atoms with Crippen molar-refractivity contribution >= 4 is 22.8 Å². The second-order valence-corrected chi connectivity index (χ2v) is 8.05. The van der Waals surface area contributed by atoms with Gasteiger partial charge in [-0.05, 0) is 25.8 Å². The Labute approximate surface area is 170 Å². The van der Waals surface area contributed by atoms with Gasteiger partial charge in [-0.2, -0.15) is 10.1 Å². The standard InChI is InChI=1S/C20H29N7O2/c1-11(2)14-15-16(27-26-14)18(25-19(24-15)23-10-20(3,4)21)22-9-12-7-6-8-13(29-5)17(12)28/h6-8,11,28H,9-10,21H2,1-5H3,(H,26,27)(H2,22,23,24,25). The number of hydrogen-bond donors (Lipinski definition) is 5. The summed E-state index contributed by atoms with van der Waals surface area (Å²) in [6.45, 7) is 8.86. The van der Waals surface area contributed by atoms with E-state index in [1.165, 1.54) is 7.11 Å². The maximum Gasteiger partial charge on any atom is 0.225 e. The van der Waals surface area contributed by atoms with Crippen LogP contribution in [0.15, 0.2) is 18.2 Å². The summed E-state index contributed by atoms with van der Waals surface area (Å²) >= 11 is 0. The molecule has 0 bridgehead atoms.